The van der Waals surface area contributed by atoms with E-state index in [2.05, 4.69) is 5.32 Å². The number of hydrogen-bond donors (Lipinski definition) is 1. The van der Waals surface area contributed by atoms with Gasteiger partial charge in [0.15, 0.2) is 0 Å². The van der Waals surface area contributed by atoms with Gasteiger partial charge in [0.05, 0.1) is 5.02 Å². The second-order valence-electron chi connectivity index (χ2n) is 4.92. The van der Waals surface area contributed by atoms with Gasteiger partial charge in [-0.05, 0) is 39.0 Å². The predicted octanol–water partition coefficient (Wildman–Crippen LogP) is 3.46. The number of hydrogen-bond acceptors (Lipinski definition) is 4. The van der Waals surface area contributed by atoms with Gasteiger partial charge in [-0.2, -0.15) is 0 Å². The molecule has 0 spiro atoms. The minimum absolute atomic E-state index is 0.227. The van der Waals surface area contributed by atoms with Gasteiger partial charge < -0.3 is 4.74 Å². The number of ether oxygens (including phenoxy) is 1. The zero-order valence-electron chi connectivity index (χ0n) is 10.9. The molecule has 1 amide bonds. The van der Waals surface area contributed by atoms with Crippen LogP contribution < -0.4 is 5.32 Å². The molecule has 0 heterocycles. The Balaban J connectivity index is 2.73. The second kappa shape index (κ2) is 5.88. The van der Waals surface area contributed by atoms with Crippen molar-refractivity contribution in [3.8, 4) is 0 Å². The molecule has 104 valence electrons. The molecule has 1 rings (SSSR count). The highest BCUT2D eigenvalue weighted by atomic mass is 35.5. The van der Waals surface area contributed by atoms with E-state index in [-0.39, 0.29) is 11.6 Å². The Bertz CT molecular complexity index is 497. The lowest BCUT2D eigenvalue weighted by Crippen LogP contribution is -2.27. The first-order chi connectivity index (χ1) is 8.67. The zero-order chi connectivity index (χ0) is 14.6. The molecule has 0 aliphatic carbocycles. The average Bonchev–Trinajstić information content (AvgIpc) is 2.18. The highest BCUT2D eigenvalue weighted by Gasteiger charge is 2.16. The van der Waals surface area contributed by atoms with E-state index in [9.17, 15) is 14.9 Å². The first-order valence-corrected chi connectivity index (χ1v) is 5.95. The number of carbonyl (C=O) groups is 1. The molecule has 0 aliphatic rings. The number of amides is 1. The maximum absolute atomic E-state index is 11.5. The lowest BCUT2D eigenvalue weighted by molar-refractivity contribution is -0.496. The van der Waals surface area contributed by atoms with E-state index >= 15 is 0 Å². The van der Waals surface area contributed by atoms with Crippen molar-refractivity contribution in [2.24, 2.45) is 0 Å². The van der Waals surface area contributed by atoms with Crippen molar-refractivity contribution in [3.63, 3.8) is 0 Å². The summed E-state index contributed by atoms with van der Waals surface area (Å²) in [6, 6.07) is 4.48. The van der Waals surface area contributed by atoms with Crippen LogP contribution in [0.4, 0.5) is 10.5 Å². The van der Waals surface area contributed by atoms with Gasteiger partial charge in [-0.25, -0.2) is 4.79 Å². The number of carbonyl (C=O) groups excluding carboxylic acids is 1. The molecule has 0 aliphatic heterocycles. The normalized spacial score (nSPS) is 10.9. The molecule has 0 aromatic heterocycles. The van der Waals surface area contributed by atoms with Gasteiger partial charge in [-0.15, -0.1) is 0 Å². The molecule has 7 heteroatoms. The molecule has 0 unspecified atom stereocenters. The third-order valence-corrected chi connectivity index (χ3v) is 2.35. The minimum atomic E-state index is -0.606. The lowest BCUT2D eigenvalue weighted by atomic mass is 10.2. The summed E-state index contributed by atoms with van der Waals surface area (Å²) in [5.41, 5.74) is 0.215. The molecule has 0 fully saturated rings. The van der Waals surface area contributed by atoms with Gasteiger partial charge in [0.1, 0.15) is 5.60 Å². The van der Waals surface area contributed by atoms with Crippen LogP contribution in [0, 0.1) is 10.1 Å². The van der Waals surface area contributed by atoms with Crippen LogP contribution in [0.15, 0.2) is 18.2 Å². The SMILES string of the molecule is CC(C)(C)OC(=O)Nc1ccc(C[N+](=O)[O-])c(Cl)c1. The molecule has 0 saturated heterocycles. The molecule has 0 saturated carbocycles. The molecular formula is C12H15ClN2O4. The largest absolute Gasteiger partial charge is 0.444 e. The Kier molecular flexibility index (Phi) is 4.72. The predicted molar refractivity (Wildman–Crippen MR) is 72.0 cm³/mol. The summed E-state index contributed by atoms with van der Waals surface area (Å²) in [6.07, 6.45) is -0.606. The summed E-state index contributed by atoms with van der Waals surface area (Å²) in [5.74, 6) is 0. The summed E-state index contributed by atoms with van der Waals surface area (Å²) < 4.78 is 5.07. The van der Waals surface area contributed by atoms with Gasteiger partial charge >= 0.3 is 6.09 Å². The molecule has 0 bridgehead atoms. The van der Waals surface area contributed by atoms with Crippen molar-refractivity contribution in [2.45, 2.75) is 32.9 Å². The van der Waals surface area contributed by atoms with Crippen LogP contribution in [0.2, 0.25) is 5.02 Å². The van der Waals surface area contributed by atoms with Crippen molar-refractivity contribution in [2.75, 3.05) is 5.32 Å². The fraction of sp³-hybridized carbons (Fsp3) is 0.417. The number of nitrogens with zero attached hydrogens (tertiary/aromatic N) is 1. The quantitative estimate of drug-likeness (QED) is 0.681. The third-order valence-electron chi connectivity index (χ3n) is 2.00. The van der Waals surface area contributed by atoms with E-state index in [1.165, 1.54) is 18.2 Å². The van der Waals surface area contributed by atoms with E-state index in [0.717, 1.165) is 0 Å². The van der Waals surface area contributed by atoms with Crippen LogP contribution in [0.5, 0.6) is 0 Å². The number of benzene rings is 1. The van der Waals surface area contributed by atoms with E-state index in [1.54, 1.807) is 20.8 Å². The fourth-order valence-electron chi connectivity index (χ4n) is 1.31. The molecule has 6 nitrogen and oxygen atoms in total. The highest BCUT2D eigenvalue weighted by Crippen LogP contribution is 2.22. The van der Waals surface area contributed by atoms with Crippen molar-refractivity contribution in [3.05, 3.63) is 38.9 Å². The van der Waals surface area contributed by atoms with Crippen molar-refractivity contribution < 1.29 is 14.5 Å². The topological polar surface area (TPSA) is 81.5 Å². The fourth-order valence-corrected chi connectivity index (χ4v) is 1.55. The Morgan fingerprint density at radius 3 is 2.58 bits per heavy atom. The lowest BCUT2D eigenvalue weighted by Gasteiger charge is -2.19. The van der Waals surface area contributed by atoms with Crippen molar-refractivity contribution >= 4 is 23.4 Å². The van der Waals surface area contributed by atoms with Gasteiger partial charge in [0.2, 0.25) is 6.54 Å². The summed E-state index contributed by atoms with van der Waals surface area (Å²) in [6.45, 7) is 4.89. The highest BCUT2D eigenvalue weighted by molar-refractivity contribution is 6.31. The summed E-state index contributed by atoms with van der Waals surface area (Å²) in [4.78, 5) is 21.4. The Morgan fingerprint density at radius 1 is 1.47 bits per heavy atom. The maximum Gasteiger partial charge on any atom is 0.412 e. The zero-order valence-corrected chi connectivity index (χ0v) is 11.7. The summed E-state index contributed by atoms with van der Waals surface area (Å²) in [5, 5.41) is 13.1. The van der Waals surface area contributed by atoms with E-state index in [0.29, 0.717) is 11.3 Å². The second-order valence-corrected chi connectivity index (χ2v) is 5.33. The van der Waals surface area contributed by atoms with E-state index < -0.39 is 16.6 Å². The van der Waals surface area contributed by atoms with Crippen LogP contribution in [-0.2, 0) is 11.3 Å². The van der Waals surface area contributed by atoms with Gasteiger partial charge in [-0.1, -0.05) is 11.6 Å². The Morgan fingerprint density at radius 2 is 2.11 bits per heavy atom. The molecule has 1 N–H and O–H groups in total. The number of anilines is 1. The Labute approximate surface area is 115 Å². The van der Waals surface area contributed by atoms with Crippen LogP contribution >= 0.6 is 11.6 Å². The molecule has 1 aromatic rings. The maximum atomic E-state index is 11.5. The van der Waals surface area contributed by atoms with Gasteiger partial charge in [-0.3, -0.25) is 15.4 Å². The number of halogens is 1. The van der Waals surface area contributed by atoms with Crippen molar-refractivity contribution in [1.29, 1.82) is 0 Å². The van der Waals surface area contributed by atoms with Crippen LogP contribution in [0.1, 0.15) is 26.3 Å². The van der Waals surface area contributed by atoms with Crippen LogP contribution in [-0.4, -0.2) is 16.6 Å². The molecule has 1 aromatic carbocycles. The van der Waals surface area contributed by atoms with Gasteiger partial charge in [0.25, 0.3) is 0 Å². The standard InChI is InChI=1S/C12H15ClN2O4/c1-12(2,3)19-11(16)14-9-5-4-8(7-15(17)18)10(13)6-9/h4-6H,7H2,1-3H3,(H,14,16). The van der Waals surface area contributed by atoms with E-state index in [1.807, 2.05) is 0 Å². The first-order valence-electron chi connectivity index (χ1n) is 5.57. The van der Waals surface area contributed by atoms with Crippen molar-refractivity contribution in [1.82, 2.24) is 0 Å². The Hall–Kier alpha value is -1.82. The molecule has 0 radical (unpaired) electrons. The number of rotatable bonds is 3. The van der Waals surface area contributed by atoms with Crippen LogP contribution in [0.3, 0.4) is 0 Å². The summed E-state index contributed by atoms with van der Waals surface area (Å²) in [7, 11) is 0. The average molecular weight is 287 g/mol. The third kappa shape index (κ3) is 5.56. The van der Waals surface area contributed by atoms with Crippen LogP contribution in [0.25, 0.3) is 0 Å². The van der Waals surface area contributed by atoms with Gasteiger partial charge in [0, 0.05) is 16.2 Å². The molecular weight excluding hydrogens is 272 g/mol. The molecule has 0 atom stereocenters. The number of nitrogens with one attached hydrogen (secondary N) is 1. The molecule has 19 heavy (non-hydrogen) atoms. The monoisotopic (exact) mass is 286 g/mol. The van der Waals surface area contributed by atoms with E-state index in [4.69, 9.17) is 16.3 Å². The summed E-state index contributed by atoms with van der Waals surface area (Å²) >= 11 is 5.89. The number of nitro groups is 1. The minimum Gasteiger partial charge on any atom is -0.444 e. The smallest absolute Gasteiger partial charge is 0.412 e. The first kappa shape index (κ1) is 15.2.